The lowest BCUT2D eigenvalue weighted by Crippen LogP contribution is -2.19. The molecule has 2 aromatic carbocycles. The van der Waals surface area contributed by atoms with Crippen molar-refractivity contribution in [2.24, 2.45) is 0 Å². The summed E-state index contributed by atoms with van der Waals surface area (Å²) < 4.78 is 10.5. The third-order valence-corrected chi connectivity index (χ3v) is 3.47. The molecular weight excluding hydrogens is 282 g/mol. The van der Waals surface area contributed by atoms with Crippen molar-refractivity contribution in [3.05, 3.63) is 48.7 Å². The molecule has 1 aliphatic rings. The molecule has 6 heteroatoms. The average Bonchev–Trinajstić information content (AvgIpc) is 3.15. The van der Waals surface area contributed by atoms with Crippen LogP contribution in [0.15, 0.2) is 48.7 Å². The number of amides is 2. The normalized spacial score (nSPS) is 12.4. The first kappa shape index (κ1) is 12.6. The minimum atomic E-state index is -0.319. The molecule has 4 rings (SSSR count). The average molecular weight is 295 g/mol. The van der Waals surface area contributed by atoms with Gasteiger partial charge in [-0.1, -0.05) is 12.1 Å². The molecule has 0 saturated carbocycles. The van der Waals surface area contributed by atoms with Crippen LogP contribution in [0, 0.1) is 0 Å². The maximum absolute atomic E-state index is 12.1. The number of rotatable bonds is 2. The predicted octanol–water partition coefficient (Wildman–Crippen LogP) is 3.54. The summed E-state index contributed by atoms with van der Waals surface area (Å²) in [6.45, 7) is 0.208. The summed E-state index contributed by atoms with van der Waals surface area (Å²) >= 11 is 0. The van der Waals surface area contributed by atoms with Crippen LogP contribution in [-0.2, 0) is 0 Å². The Morgan fingerprint density at radius 2 is 1.95 bits per heavy atom. The standard InChI is InChI=1S/C16H13N3O3/c20-16(18-11-4-5-13-14(8-11)22-9-21-13)19-12-3-1-2-10-6-7-17-15(10)12/h1-8,17H,9H2,(H2,18,19,20). The fourth-order valence-corrected chi connectivity index (χ4v) is 2.45. The fraction of sp³-hybridized carbons (Fsp3) is 0.0625. The van der Waals surface area contributed by atoms with E-state index in [1.807, 2.05) is 30.5 Å². The smallest absolute Gasteiger partial charge is 0.323 e. The van der Waals surface area contributed by atoms with E-state index in [-0.39, 0.29) is 12.8 Å². The van der Waals surface area contributed by atoms with Crippen LogP contribution in [0.4, 0.5) is 16.2 Å². The van der Waals surface area contributed by atoms with Crippen LogP contribution < -0.4 is 20.1 Å². The van der Waals surface area contributed by atoms with Crippen LogP contribution in [0.25, 0.3) is 10.9 Å². The lowest BCUT2D eigenvalue weighted by atomic mass is 10.2. The van der Waals surface area contributed by atoms with E-state index in [1.165, 1.54) is 0 Å². The summed E-state index contributed by atoms with van der Waals surface area (Å²) in [6.07, 6.45) is 1.84. The van der Waals surface area contributed by atoms with Crippen LogP contribution in [0.3, 0.4) is 0 Å². The lowest BCUT2D eigenvalue weighted by Gasteiger charge is -2.09. The molecule has 3 N–H and O–H groups in total. The van der Waals surface area contributed by atoms with Crippen molar-refractivity contribution in [3.8, 4) is 11.5 Å². The van der Waals surface area contributed by atoms with Gasteiger partial charge in [0.25, 0.3) is 0 Å². The number of hydrogen-bond acceptors (Lipinski definition) is 3. The van der Waals surface area contributed by atoms with Crippen LogP contribution in [0.1, 0.15) is 0 Å². The number of anilines is 2. The summed E-state index contributed by atoms with van der Waals surface area (Å²) in [5.74, 6) is 1.31. The highest BCUT2D eigenvalue weighted by Crippen LogP contribution is 2.34. The van der Waals surface area contributed by atoms with Crippen molar-refractivity contribution in [3.63, 3.8) is 0 Å². The van der Waals surface area contributed by atoms with Gasteiger partial charge in [0.1, 0.15) is 0 Å². The molecule has 0 saturated heterocycles. The zero-order chi connectivity index (χ0) is 14.9. The zero-order valence-electron chi connectivity index (χ0n) is 11.6. The molecule has 3 aromatic rings. The molecule has 1 aromatic heterocycles. The largest absolute Gasteiger partial charge is 0.454 e. The van der Waals surface area contributed by atoms with Crippen molar-refractivity contribution in [1.82, 2.24) is 4.98 Å². The van der Waals surface area contributed by atoms with Gasteiger partial charge in [-0.15, -0.1) is 0 Å². The Kier molecular flexibility index (Phi) is 2.86. The molecule has 0 aliphatic carbocycles. The number of ether oxygens (including phenoxy) is 2. The van der Waals surface area contributed by atoms with Gasteiger partial charge in [-0.25, -0.2) is 4.79 Å². The molecule has 2 heterocycles. The lowest BCUT2D eigenvalue weighted by molar-refractivity contribution is 0.174. The minimum Gasteiger partial charge on any atom is -0.454 e. The fourth-order valence-electron chi connectivity index (χ4n) is 2.45. The van der Waals surface area contributed by atoms with Gasteiger partial charge in [-0.05, 0) is 24.3 Å². The number of urea groups is 1. The number of H-pyrrole nitrogens is 1. The van der Waals surface area contributed by atoms with E-state index >= 15 is 0 Å². The molecule has 22 heavy (non-hydrogen) atoms. The Morgan fingerprint density at radius 1 is 1.05 bits per heavy atom. The van der Waals surface area contributed by atoms with E-state index in [4.69, 9.17) is 9.47 Å². The maximum Gasteiger partial charge on any atom is 0.323 e. The molecule has 110 valence electrons. The monoisotopic (exact) mass is 295 g/mol. The molecule has 0 bridgehead atoms. The van der Waals surface area contributed by atoms with Gasteiger partial charge >= 0.3 is 6.03 Å². The predicted molar refractivity (Wildman–Crippen MR) is 83.5 cm³/mol. The first-order valence-electron chi connectivity index (χ1n) is 6.83. The maximum atomic E-state index is 12.1. The van der Waals surface area contributed by atoms with Crippen LogP contribution in [0.2, 0.25) is 0 Å². The molecule has 0 atom stereocenters. The third-order valence-electron chi connectivity index (χ3n) is 3.47. The first-order chi connectivity index (χ1) is 10.8. The molecule has 6 nitrogen and oxygen atoms in total. The topological polar surface area (TPSA) is 75.4 Å². The number of carbonyl (C=O) groups excluding carboxylic acids is 1. The second-order valence-electron chi connectivity index (χ2n) is 4.89. The third kappa shape index (κ3) is 2.20. The Balaban J connectivity index is 1.52. The van der Waals surface area contributed by atoms with E-state index in [1.54, 1.807) is 18.2 Å². The number of aromatic nitrogens is 1. The summed E-state index contributed by atoms with van der Waals surface area (Å²) in [7, 11) is 0. The van der Waals surface area contributed by atoms with Gasteiger partial charge in [0.05, 0.1) is 11.2 Å². The van der Waals surface area contributed by atoms with E-state index in [0.717, 1.165) is 16.6 Å². The summed E-state index contributed by atoms with van der Waals surface area (Å²) in [6, 6.07) is 12.6. The number of fused-ring (bicyclic) bond motifs is 2. The molecule has 0 fully saturated rings. The highest BCUT2D eigenvalue weighted by molar-refractivity contribution is 6.05. The van der Waals surface area contributed by atoms with Crippen molar-refractivity contribution in [1.29, 1.82) is 0 Å². The Hall–Kier alpha value is -3.15. The highest BCUT2D eigenvalue weighted by atomic mass is 16.7. The van der Waals surface area contributed by atoms with E-state index in [0.29, 0.717) is 17.2 Å². The van der Waals surface area contributed by atoms with Crippen molar-refractivity contribution < 1.29 is 14.3 Å². The summed E-state index contributed by atoms with van der Waals surface area (Å²) in [4.78, 5) is 15.3. The zero-order valence-corrected chi connectivity index (χ0v) is 11.6. The van der Waals surface area contributed by atoms with Gasteiger partial charge in [-0.3, -0.25) is 0 Å². The Bertz CT molecular complexity index is 857. The number of carbonyl (C=O) groups is 1. The van der Waals surface area contributed by atoms with Crippen LogP contribution in [-0.4, -0.2) is 17.8 Å². The summed E-state index contributed by atoms with van der Waals surface area (Å²) in [5.41, 5.74) is 2.25. The Morgan fingerprint density at radius 3 is 2.91 bits per heavy atom. The van der Waals surface area contributed by atoms with Crippen LogP contribution >= 0.6 is 0 Å². The quantitative estimate of drug-likeness (QED) is 0.677. The molecule has 0 radical (unpaired) electrons. The number of hydrogen-bond donors (Lipinski definition) is 3. The minimum absolute atomic E-state index is 0.208. The summed E-state index contributed by atoms with van der Waals surface area (Å²) in [5, 5.41) is 6.65. The van der Waals surface area contributed by atoms with E-state index < -0.39 is 0 Å². The first-order valence-corrected chi connectivity index (χ1v) is 6.83. The number of benzene rings is 2. The number of para-hydroxylation sites is 1. The molecule has 0 spiro atoms. The molecule has 1 aliphatic heterocycles. The number of nitrogens with one attached hydrogen (secondary N) is 3. The molecule has 2 amide bonds. The molecule has 0 unspecified atom stereocenters. The Labute approximate surface area is 126 Å². The van der Waals surface area contributed by atoms with Crippen molar-refractivity contribution >= 4 is 28.3 Å². The van der Waals surface area contributed by atoms with Gasteiger partial charge in [0.2, 0.25) is 6.79 Å². The van der Waals surface area contributed by atoms with Gasteiger partial charge in [0.15, 0.2) is 11.5 Å². The number of aromatic amines is 1. The SMILES string of the molecule is O=C(Nc1ccc2c(c1)OCO2)Nc1cccc2cc[nH]c12. The highest BCUT2D eigenvalue weighted by Gasteiger charge is 2.14. The van der Waals surface area contributed by atoms with Gasteiger partial charge in [0, 0.05) is 23.3 Å². The van der Waals surface area contributed by atoms with Gasteiger partial charge < -0.3 is 25.1 Å². The molecular formula is C16H13N3O3. The van der Waals surface area contributed by atoms with Gasteiger partial charge in [-0.2, -0.15) is 0 Å². The van der Waals surface area contributed by atoms with E-state index in [2.05, 4.69) is 15.6 Å². The van der Waals surface area contributed by atoms with Crippen LogP contribution in [0.5, 0.6) is 11.5 Å². The van der Waals surface area contributed by atoms with E-state index in [9.17, 15) is 4.79 Å². The van der Waals surface area contributed by atoms with Crippen molar-refractivity contribution in [2.75, 3.05) is 17.4 Å². The second-order valence-corrected chi connectivity index (χ2v) is 4.89. The van der Waals surface area contributed by atoms with Crippen molar-refractivity contribution in [2.45, 2.75) is 0 Å². The second kappa shape index (κ2) is 5.00.